The van der Waals surface area contributed by atoms with Crippen LogP contribution in [-0.4, -0.2) is 37.1 Å². The smallest absolute Gasteiger partial charge is 0.0481 e. The molecule has 2 N–H and O–H groups in total. The number of hydrogen-bond donors (Lipinski definition) is 2. The predicted octanol–water partition coefficient (Wildman–Crippen LogP) is 0.404. The zero-order valence-corrected chi connectivity index (χ0v) is 7.12. The summed E-state index contributed by atoms with van der Waals surface area (Å²) in [6.45, 7) is 0.941. The van der Waals surface area contributed by atoms with Gasteiger partial charge in [0, 0.05) is 32.8 Å². The molecular weight excluding hydrogens is 144 g/mol. The normalized spacial score (nSPS) is 10.9. The zero-order chi connectivity index (χ0) is 8.53. The number of aliphatic hydroxyl groups is 2. The molecule has 0 aliphatic rings. The predicted molar refractivity (Wildman–Crippen MR) is 43.4 cm³/mol. The maximum atomic E-state index is 8.69. The first-order valence-electron chi connectivity index (χ1n) is 4.05. The fourth-order valence-corrected chi connectivity index (χ4v) is 0.920. The summed E-state index contributed by atoms with van der Waals surface area (Å²) < 4.78 is 4.87. The molecule has 0 aromatic carbocycles. The Hall–Kier alpha value is -0.120. The third-order valence-electron chi connectivity index (χ3n) is 1.73. The largest absolute Gasteiger partial charge is 0.396 e. The molecule has 0 atom stereocenters. The van der Waals surface area contributed by atoms with Gasteiger partial charge in [0.15, 0.2) is 0 Å². The van der Waals surface area contributed by atoms with Gasteiger partial charge in [-0.2, -0.15) is 0 Å². The van der Waals surface area contributed by atoms with Crippen LogP contribution in [0, 0.1) is 5.92 Å². The average molecular weight is 162 g/mol. The number of aliphatic hydroxyl groups excluding tert-OH is 2. The van der Waals surface area contributed by atoms with Gasteiger partial charge < -0.3 is 14.9 Å². The Morgan fingerprint density at radius 1 is 1.18 bits per heavy atom. The van der Waals surface area contributed by atoms with Crippen molar-refractivity contribution in [2.45, 2.75) is 19.3 Å². The molecule has 0 aliphatic carbocycles. The van der Waals surface area contributed by atoms with Crippen LogP contribution in [0.4, 0.5) is 0 Å². The van der Waals surface area contributed by atoms with Gasteiger partial charge >= 0.3 is 0 Å². The van der Waals surface area contributed by atoms with Crippen molar-refractivity contribution in [3.05, 3.63) is 0 Å². The first kappa shape index (κ1) is 10.9. The van der Waals surface area contributed by atoms with Gasteiger partial charge in [0.25, 0.3) is 0 Å². The van der Waals surface area contributed by atoms with E-state index in [-0.39, 0.29) is 19.1 Å². The Balaban J connectivity index is 3.07. The first-order chi connectivity index (χ1) is 5.35. The molecule has 0 amide bonds. The Morgan fingerprint density at radius 2 is 1.82 bits per heavy atom. The summed E-state index contributed by atoms with van der Waals surface area (Å²) in [5.74, 6) is 0.0619. The maximum Gasteiger partial charge on any atom is 0.0481 e. The molecule has 0 radical (unpaired) electrons. The van der Waals surface area contributed by atoms with Crippen LogP contribution in [0.1, 0.15) is 19.3 Å². The molecule has 0 aromatic heterocycles. The fourth-order valence-electron chi connectivity index (χ4n) is 0.920. The molecule has 3 nitrogen and oxygen atoms in total. The number of hydrogen-bond acceptors (Lipinski definition) is 3. The van der Waals surface area contributed by atoms with E-state index in [1.54, 1.807) is 7.11 Å². The molecule has 0 unspecified atom stereocenters. The van der Waals surface area contributed by atoms with E-state index in [0.29, 0.717) is 0 Å². The Kier molecular flexibility index (Phi) is 7.89. The maximum absolute atomic E-state index is 8.69. The second kappa shape index (κ2) is 7.98. The van der Waals surface area contributed by atoms with Crippen LogP contribution < -0.4 is 0 Å². The van der Waals surface area contributed by atoms with Crippen molar-refractivity contribution >= 4 is 0 Å². The van der Waals surface area contributed by atoms with Crippen LogP contribution >= 0.6 is 0 Å². The average Bonchev–Trinajstić information content (AvgIpc) is 2.05. The molecule has 0 saturated carbocycles. The van der Waals surface area contributed by atoms with E-state index in [1.807, 2.05) is 0 Å². The minimum atomic E-state index is 0.0619. The summed E-state index contributed by atoms with van der Waals surface area (Å²) in [6, 6.07) is 0. The lowest BCUT2D eigenvalue weighted by Gasteiger charge is -2.09. The highest BCUT2D eigenvalue weighted by Gasteiger charge is 2.03. The number of rotatable bonds is 7. The Morgan fingerprint density at radius 3 is 2.27 bits per heavy atom. The molecule has 0 bridgehead atoms. The second-order valence-electron chi connectivity index (χ2n) is 2.72. The van der Waals surface area contributed by atoms with Gasteiger partial charge in [-0.1, -0.05) is 6.42 Å². The van der Waals surface area contributed by atoms with Crippen molar-refractivity contribution in [1.82, 2.24) is 0 Å². The van der Waals surface area contributed by atoms with Crippen LogP contribution in [0.25, 0.3) is 0 Å². The van der Waals surface area contributed by atoms with Gasteiger partial charge in [-0.15, -0.1) is 0 Å². The minimum absolute atomic E-state index is 0.0619. The van der Waals surface area contributed by atoms with Gasteiger partial charge in [0.1, 0.15) is 0 Å². The van der Waals surface area contributed by atoms with Crippen molar-refractivity contribution in [2.24, 2.45) is 5.92 Å². The molecule has 0 spiro atoms. The monoisotopic (exact) mass is 162 g/mol. The lowest BCUT2D eigenvalue weighted by Crippen LogP contribution is -2.10. The van der Waals surface area contributed by atoms with Crippen molar-refractivity contribution in [2.75, 3.05) is 26.9 Å². The van der Waals surface area contributed by atoms with E-state index in [4.69, 9.17) is 14.9 Å². The molecule has 0 heterocycles. The standard InChI is InChI=1S/C8H18O3/c1-11-5-3-2-4-8(6-9)7-10/h8-10H,2-7H2,1H3. The van der Waals surface area contributed by atoms with Crippen LogP contribution in [0.3, 0.4) is 0 Å². The summed E-state index contributed by atoms with van der Waals surface area (Å²) in [5, 5.41) is 17.4. The topological polar surface area (TPSA) is 49.7 Å². The Bertz CT molecular complexity index is 71.7. The van der Waals surface area contributed by atoms with Gasteiger partial charge in [-0.3, -0.25) is 0 Å². The number of ether oxygens (including phenoxy) is 1. The number of methoxy groups -OCH3 is 1. The highest BCUT2D eigenvalue weighted by atomic mass is 16.5. The van der Waals surface area contributed by atoms with E-state index < -0.39 is 0 Å². The van der Waals surface area contributed by atoms with Gasteiger partial charge in [-0.05, 0) is 12.8 Å². The molecule has 11 heavy (non-hydrogen) atoms. The van der Waals surface area contributed by atoms with E-state index in [1.165, 1.54) is 0 Å². The summed E-state index contributed by atoms with van der Waals surface area (Å²) in [5.41, 5.74) is 0. The van der Waals surface area contributed by atoms with E-state index in [9.17, 15) is 0 Å². The summed E-state index contributed by atoms with van der Waals surface area (Å²) in [4.78, 5) is 0. The van der Waals surface area contributed by atoms with Crippen molar-refractivity contribution in [3.8, 4) is 0 Å². The summed E-state index contributed by atoms with van der Waals surface area (Å²) in [6.07, 6.45) is 2.91. The molecule has 0 aliphatic heterocycles. The lowest BCUT2D eigenvalue weighted by atomic mass is 10.0. The highest BCUT2D eigenvalue weighted by molar-refractivity contribution is 4.55. The lowest BCUT2D eigenvalue weighted by molar-refractivity contribution is 0.136. The number of unbranched alkanes of at least 4 members (excludes halogenated alkanes) is 1. The van der Waals surface area contributed by atoms with Gasteiger partial charge in [-0.25, -0.2) is 0 Å². The first-order valence-corrected chi connectivity index (χ1v) is 4.05. The van der Waals surface area contributed by atoms with E-state index in [0.717, 1.165) is 25.9 Å². The van der Waals surface area contributed by atoms with Crippen molar-refractivity contribution in [3.63, 3.8) is 0 Å². The minimum Gasteiger partial charge on any atom is -0.396 e. The SMILES string of the molecule is COCCCCC(CO)CO. The molecule has 0 fully saturated rings. The quantitative estimate of drug-likeness (QED) is 0.533. The van der Waals surface area contributed by atoms with Crippen LogP contribution in [0.15, 0.2) is 0 Å². The van der Waals surface area contributed by atoms with Crippen LogP contribution in [0.5, 0.6) is 0 Å². The van der Waals surface area contributed by atoms with Crippen LogP contribution in [0.2, 0.25) is 0 Å². The third-order valence-corrected chi connectivity index (χ3v) is 1.73. The molecule has 3 heteroatoms. The van der Waals surface area contributed by atoms with Gasteiger partial charge in [0.05, 0.1) is 0 Å². The highest BCUT2D eigenvalue weighted by Crippen LogP contribution is 2.06. The third kappa shape index (κ3) is 6.28. The van der Waals surface area contributed by atoms with Crippen molar-refractivity contribution < 1.29 is 14.9 Å². The van der Waals surface area contributed by atoms with E-state index in [2.05, 4.69) is 0 Å². The Labute approximate surface area is 68.0 Å². The second-order valence-corrected chi connectivity index (χ2v) is 2.72. The molecule has 0 saturated heterocycles. The van der Waals surface area contributed by atoms with Crippen molar-refractivity contribution in [1.29, 1.82) is 0 Å². The van der Waals surface area contributed by atoms with Gasteiger partial charge in [0.2, 0.25) is 0 Å². The summed E-state index contributed by atoms with van der Waals surface area (Å²) in [7, 11) is 1.68. The zero-order valence-electron chi connectivity index (χ0n) is 7.12. The van der Waals surface area contributed by atoms with Crippen LogP contribution in [-0.2, 0) is 4.74 Å². The molecule has 0 rings (SSSR count). The molecular formula is C8H18O3. The molecule has 68 valence electrons. The molecule has 0 aromatic rings. The fraction of sp³-hybridized carbons (Fsp3) is 1.00. The summed E-state index contributed by atoms with van der Waals surface area (Å²) >= 11 is 0. The van der Waals surface area contributed by atoms with E-state index >= 15 is 0 Å².